The third-order valence-corrected chi connectivity index (χ3v) is 4.56. The molecule has 24 heavy (non-hydrogen) atoms. The lowest BCUT2D eigenvalue weighted by molar-refractivity contribution is -0.134. The summed E-state index contributed by atoms with van der Waals surface area (Å²) in [4.78, 5) is 27.5. The highest BCUT2D eigenvalue weighted by Crippen LogP contribution is 2.22. The molecule has 1 heterocycles. The second-order valence-electron chi connectivity index (χ2n) is 6.16. The molecule has 4 nitrogen and oxygen atoms in total. The molecule has 1 unspecified atom stereocenters. The molecule has 2 rings (SSSR count). The SMILES string of the molecule is CCC1CCCCN1C(=O)CCN(C(C)=O)c1ccc(F)c(F)c1. The van der Waals surface area contributed by atoms with Crippen molar-refractivity contribution < 1.29 is 18.4 Å². The molecular formula is C18H24F2N2O2. The molecule has 1 aromatic carbocycles. The van der Waals surface area contributed by atoms with Crippen molar-refractivity contribution in [2.75, 3.05) is 18.0 Å². The van der Waals surface area contributed by atoms with E-state index >= 15 is 0 Å². The third kappa shape index (κ3) is 4.30. The Labute approximate surface area is 141 Å². The summed E-state index contributed by atoms with van der Waals surface area (Å²) in [5.41, 5.74) is 0.264. The molecule has 0 bridgehead atoms. The van der Waals surface area contributed by atoms with E-state index in [1.165, 1.54) is 17.9 Å². The maximum absolute atomic E-state index is 13.4. The van der Waals surface area contributed by atoms with E-state index in [4.69, 9.17) is 0 Å². The average Bonchev–Trinajstić information content (AvgIpc) is 2.57. The van der Waals surface area contributed by atoms with E-state index in [2.05, 4.69) is 6.92 Å². The molecule has 2 amide bonds. The Morgan fingerprint density at radius 3 is 2.62 bits per heavy atom. The number of hydrogen-bond donors (Lipinski definition) is 0. The smallest absolute Gasteiger partial charge is 0.224 e. The van der Waals surface area contributed by atoms with Crippen molar-refractivity contribution >= 4 is 17.5 Å². The molecule has 1 aliphatic rings. The number of likely N-dealkylation sites (tertiary alicyclic amines) is 1. The Morgan fingerprint density at radius 2 is 2.00 bits per heavy atom. The second kappa shape index (κ2) is 8.22. The number of amides is 2. The molecule has 1 atom stereocenters. The number of carbonyl (C=O) groups excluding carboxylic acids is 2. The molecule has 0 N–H and O–H groups in total. The molecule has 0 radical (unpaired) electrons. The monoisotopic (exact) mass is 338 g/mol. The van der Waals surface area contributed by atoms with Crippen LogP contribution in [0.1, 0.15) is 46.0 Å². The Kier molecular flexibility index (Phi) is 6.29. The van der Waals surface area contributed by atoms with Gasteiger partial charge in [0, 0.05) is 44.2 Å². The van der Waals surface area contributed by atoms with Crippen LogP contribution in [0.25, 0.3) is 0 Å². The van der Waals surface area contributed by atoms with Crippen LogP contribution >= 0.6 is 0 Å². The minimum Gasteiger partial charge on any atom is -0.340 e. The van der Waals surface area contributed by atoms with Crippen LogP contribution in [-0.2, 0) is 9.59 Å². The van der Waals surface area contributed by atoms with Crippen LogP contribution in [0.5, 0.6) is 0 Å². The minimum atomic E-state index is -1.01. The number of piperidine rings is 1. The van der Waals surface area contributed by atoms with Gasteiger partial charge in [0.15, 0.2) is 11.6 Å². The van der Waals surface area contributed by atoms with Gasteiger partial charge in [-0.3, -0.25) is 9.59 Å². The van der Waals surface area contributed by atoms with Crippen molar-refractivity contribution in [3.05, 3.63) is 29.8 Å². The Morgan fingerprint density at radius 1 is 1.25 bits per heavy atom. The first-order chi connectivity index (χ1) is 11.4. The number of hydrogen-bond acceptors (Lipinski definition) is 2. The van der Waals surface area contributed by atoms with Crippen LogP contribution in [0, 0.1) is 11.6 Å². The first-order valence-electron chi connectivity index (χ1n) is 8.46. The Bertz CT molecular complexity index is 607. The number of halogens is 2. The van der Waals surface area contributed by atoms with Gasteiger partial charge < -0.3 is 9.80 Å². The van der Waals surface area contributed by atoms with E-state index in [0.717, 1.165) is 44.4 Å². The minimum absolute atomic E-state index is 0.00961. The van der Waals surface area contributed by atoms with Gasteiger partial charge in [0.2, 0.25) is 11.8 Å². The van der Waals surface area contributed by atoms with Crippen LogP contribution in [-0.4, -0.2) is 35.8 Å². The molecule has 132 valence electrons. The lowest BCUT2D eigenvalue weighted by atomic mass is 9.99. The van der Waals surface area contributed by atoms with Crippen LogP contribution in [0.15, 0.2) is 18.2 Å². The summed E-state index contributed by atoms with van der Waals surface area (Å²) in [7, 11) is 0. The summed E-state index contributed by atoms with van der Waals surface area (Å²) in [5.74, 6) is -2.26. The summed E-state index contributed by atoms with van der Waals surface area (Å²) in [5, 5.41) is 0. The number of nitrogens with zero attached hydrogens (tertiary/aromatic N) is 2. The van der Waals surface area contributed by atoms with Crippen molar-refractivity contribution in [1.29, 1.82) is 0 Å². The first kappa shape index (κ1) is 18.4. The number of carbonyl (C=O) groups is 2. The first-order valence-corrected chi connectivity index (χ1v) is 8.46. The molecule has 0 saturated carbocycles. The van der Waals surface area contributed by atoms with Crippen LogP contribution in [0.4, 0.5) is 14.5 Å². The molecule has 1 aliphatic heterocycles. The van der Waals surface area contributed by atoms with E-state index in [0.29, 0.717) is 0 Å². The molecule has 6 heteroatoms. The van der Waals surface area contributed by atoms with Crippen molar-refractivity contribution in [1.82, 2.24) is 4.90 Å². The highest BCUT2D eigenvalue weighted by molar-refractivity contribution is 5.92. The van der Waals surface area contributed by atoms with E-state index < -0.39 is 11.6 Å². The summed E-state index contributed by atoms with van der Waals surface area (Å²) >= 11 is 0. The zero-order valence-corrected chi connectivity index (χ0v) is 14.2. The molecule has 1 aromatic rings. The molecule has 0 aromatic heterocycles. The zero-order valence-electron chi connectivity index (χ0n) is 14.2. The van der Waals surface area contributed by atoms with Gasteiger partial charge in [0.25, 0.3) is 0 Å². The highest BCUT2D eigenvalue weighted by atomic mass is 19.2. The lowest BCUT2D eigenvalue weighted by Gasteiger charge is -2.35. The van der Waals surface area contributed by atoms with Crippen molar-refractivity contribution in [3.8, 4) is 0 Å². The van der Waals surface area contributed by atoms with Gasteiger partial charge in [-0.2, -0.15) is 0 Å². The van der Waals surface area contributed by atoms with E-state index in [-0.39, 0.29) is 36.5 Å². The van der Waals surface area contributed by atoms with Gasteiger partial charge in [0.1, 0.15) is 0 Å². The number of benzene rings is 1. The van der Waals surface area contributed by atoms with Gasteiger partial charge in [-0.1, -0.05) is 6.92 Å². The van der Waals surface area contributed by atoms with Crippen molar-refractivity contribution in [2.45, 2.75) is 52.0 Å². The van der Waals surface area contributed by atoms with Gasteiger partial charge >= 0.3 is 0 Å². The van der Waals surface area contributed by atoms with Crippen LogP contribution in [0.3, 0.4) is 0 Å². The highest BCUT2D eigenvalue weighted by Gasteiger charge is 2.26. The summed E-state index contributed by atoms with van der Waals surface area (Å²) in [6.45, 7) is 4.33. The van der Waals surface area contributed by atoms with Gasteiger partial charge in [-0.15, -0.1) is 0 Å². The van der Waals surface area contributed by atoms with Crippen LogP contribution in [0.2, 0.25) is 0 Å². The van der Waals surface area contributed by atoms with E-state index in [1.54, 1.807) is 0 Å². The zero-order chi connectivity index (χ0) is 17.7. The predicted octanol–water partition coefficient (Wildman–Crippen LogP) is 3.50. The maximum atomic E-state index is 13.4. The Hall–Kier alpha value is -1.98. The van der Waals surface area contributed by atoms with E-state index in [1.807, 2.05) is 4.90 Å². The summed E-state index contributed by atoms with van der Waals surface area (Å²) in [6.07, 6.45) is 4.25. The average molecular weight is 338 g/mol. The maximum Gasteiger partial charge on any atom is 0.224 e. The second-order valence-corrected chi connectivity index (χ2v) is 6.16. The van der Waals surface area contributed by atoms with Crippen molar-refractivity contribution in [3.63, 3.8) is 0 Å². The topological polar surface area (TPSA) is 40.6 Å². The predicted molar refractivity (Wildman–Crippen MR) is 88.6 cm³/mol. The van der Waals surface area contributed by atoms with Crippen LogP contribution < -0.4 is 4.90 Å². The number of rotatable bonds is 5. The fraction of sp³-hybridized carbons (Fsp3) is 0.556. The van der Waals surface area contributed by atoms with Gasteiger partial charge in [-0.05, 0) is 37.8 Å². The quantitative estimate of drug-likeness (QED) is 0.824. The molecule has 1 saturated heterocycles. The van der Waals surface area contributed by atoms with Crippen molar-refractivity contribution in [2.24, 2.45) is 0 Å². The molecule has 0 spiro atoms. The fourth-order valence-corrected chi connectivity index (χ4v) is 3.23. The Balaban J connectivity index is 2.04. The third-order valence-electron chi connectivity index (χ3n) is 4.56. The lowest BCUT2D eigenvalue weighted by Crippen LogP contribution is -2.44. The van der Waals surface area contributed by atoms with Gasteiger partial charge in [-0.25, -0.2) is 8.78 Å². The molecule has 0 aliphatic carbocycles. The standard InChI is InChI=1S/C18H24F2N2O2/c1-3-14-6-4-5-10-22(14)18(24)9-11-21(13(2)23)15-7-8-16(19)17(20)12-15/h7-8,12,14H,3-6,9-11H2,1-2H3. The molecule has 1 fully saturated rings. The molecular weight excluding hydrogens is 314 g/mol. The largest absolute Gasteiger partial charge is 0.340 e. The van der Waals surface area contributed by atoms with E-state index in [9.17, 15) is 18.4 Å². The summed E-state index contributed by atoms with van der Waals surface area (Å²) < 4.78 is 26.5. The number of anilines is 1. The normalized spacial score (nSPS) is 17.7. The van der Waals surface area contributed by atoms with Gasteiger partial charge in [0.05, 0.1) is 0 Å². The summed E-state index contributed by atoms with van der Waals surface area (Å²) in [6, 6.07) is 3.58. The fourth-order valence-electron chi connectivity index (χ4n) is 3.23.